The van der Waals surface area contributed by atoms with E-state index >= 15 is 0 Å². The van der Waals surface area contributed by atoms with Crippen molar-refractivity contribution in [2.75, 3.05) is 19.6 Å². The van der Waals surface area contributed by atoms with Crippen LogP contribution in [0, 0.1) is 13.8 Å². The van der Waals surface area contributed by atoms with Gasteiger partial charge in [-0.3, -0.25) is 0 Å². The van der Waals surface area contributed by atoms with E-state index in [1.165, 1.54) is 123 Å². The Kier molecular flexibility index (Phi) is 26.5. The molecule has 0 heterocycles. The van der Waals surface area contributed by atoms with E-state index in [0.717, 1.165) is 101 Å². The van der Waals surface area contributed by atoms with Crippen molar-refractivity contribution in [2.45, 2.75) is 302 Å². The van der Waals surface area contributed by atoms with Crippen LogP contribution in [0.5, 0.6) is 0 Å². The van der Waals surface area contributed by atoms with Gasteiger partial charge in [0.2, 0.25) is 0 Å². The van der Waals surface area contributed by atoms with Crippen LogP contribution in [0.2, 0.25) is 0 Å². The molecule has 2 unspecified atom stereocenters. The third-order valence-electron chi connectivity index (χ3n) is 31.1. The fraction of sp³-hybridized carbons (Fsp3) is 0.324. The van der Waals surface area contributed by atoms with Crippen molar-refractivity contribution in [3.8, 4) is 89.0 Å². The molecule has 4 aliphatic rings. The number of nitrogens with zero attached hydrogens (tertiary/aromatic N) is 4. The molecule has 16 aromatic carbocycles. The number of anilines is 8. The van der Waals surface area contributed by atoms with Gasteiger partial charge < -0.3 is 19.6 Å². The highest BCUT2D eigenvalue weighted by atomic mass is 15.2. The van der Waals surface area contributed by atoms with Crippen LogP contribution in [0.15, 0.2) is 340 Å². The molecule has 20 rings (SSSR count). The molecule has 0 aliphatic heterocycles. The molecule has 0 spiro atoms. The Hall–Kier alpha value is -13.3. The van der Waals surface area contributed by atoms with E-state index in [9.17, 15) is 2.74 Å². The molecule has 0 N–H and O–H groups in total. The first-order chi connectivity index (χ1) is 71.1. The predicted octanol–water partition coefficient (Wildman–Crippen LogP) is 40.6. The maximum atomic E-state index is 9.50. The molecule has 0 radical (unpaired) electrons. The van der Waals surface area contributed by atoms with E-state index in [1.807, 2.05) is 87.4 Å². The molecule has 4 aliphatic carbocycles. The third kappa shape index (κ3) is 19.2. The fourth-order valence-electron chi connectivity index (χ4n) is 24.2. The van der Waals surface area contributed by atoms with Gasteiger partial charge in [0, 0.05) is 97.5 Å². The van der Waals surface area contributed by atoms with E-state index in [0.29, 0.717) is 0 Å². The number of benzene rings is 16. The molecule has 2 atom stereocenters. The van der Waals surface area contributed by atoms with Crippen LogP contribution in [0.1, 0.15) is 329 Å². The molecule has 0 saturated carbocycles. The molecular weight excluding hydrogens is 1760 g/mol. The molecule has 4 heteroatoms. The summed E-state index contributed by atoms with van der Waals surface area (Å²) >= 11 is 0. The van der Waals surface area contributed by atoms with Crippen LogP contribution in [0.3, 0.4) is 0 Å². The zero-order valence-corrected chi connectivity index (χ0v) is 93.3. The van der Waals surface area contributed by atoms with Gasteiger partial charge in [-0.15, -0.1) is 0 Å². The minimum atomic E-state index is -0.856. The van der Waals surface area contributed by atoms with Crippen molar-refractivity contribution in [3.63, 3.8) is 0 Å². The third-order valence-corrected chi connectivity index (χ3v) is 31.1. The van der Waals surface area contributed by atoms with Gasteiger partial charge in [-0.1, -0.05) is 416 Å². The van der Waals surface area contributed by atoms with Gasteiger partial charge in [-0.2, -0.15) is 0 Å². The van der Waals surface area contributed by atoms with Crippen molar-refractivity contribution in [2.24, 2.45) is 0 Å². The van der Waals surface area contributed by atoms with Gasteiger partial charge in [-0.05, 0) is 360 Å². The quantitative estimate of drug-likeness (QED) is 0.0849. The van der Waals surface area contributed by atoms with Gasteiger partial charge in [0.1, 0.15) is 0 Å². The summed E-state index contributed by atoms with van der Waals surface area (Å²) in [6, 6.07) is 122. The van der Waals surface area contributed by atoms with Crippen molar-refractivity contribution >= 4 is 45.5 Å². The lowest BCUT2D eigenvalue weighted by molar-refractivity contribution is 0.554. The first-order valence-electron chi connectivity index (χ1n) is 56.1. The zero-order valence-electron chi connectivity index (χ0n) is 99.3. The predicted molar refractivity (Wildman–Crippen MR) is 636 cm³/mol. The molecule has 4 nitrogen and oxygen atoms in total. The summed E-state index contributed by atoms with van der Waals surface area (Å²) in [5.74, 6) is -3.33. The molecule has 16 aromatic rings. The summed E-state index contributed by atoms with van der Waals surface area (Å²) in [4.78, 5) is 9.71. The monoisotopic (exact) mass is 1930 g/mol. The Morgan fingerprint density at radius 2 is 0.507 bits per heavy atom. The van der Waals surface area contributed by atoms with Crippen LogP contribution < -0.4 is 19.6 Å². The van der Waals surface area contributed by atoms with Gasteiger partial charge in [-0.25, -0.2) is 0 Å². The SMILES string of the molecule is Cc1ccc(-c2ccccc2)cc1N(c1ccc2c(c1C)-c1ccccc1C2(C)C)C(C)(C)C.[2H]C(C)(C)c1ccc(-c2ccccc2)cc1N(c1ccc2c(c1C([2H])(C)C)-c1ccccc1C2(C)C)C(C)(C)C.[2H]C(C)(C)c1ccc(-c2ccccc2)cc1N(c1ccc2c(c1C([2H])(C)C)-c1ccccc1C2(C)C)C(C)(C)C.[2H]C(C)c1ccc(-c2ccccc2)cc1N(c1ccc2c(c1C([2H])C)-c1ccccc1C2(C)C)C(C)(C)C. The Morgan fingerprint density at radius 3 is 0.836 bits per heavy atom. The molecule has 146 heavy (non-hydrogen) atoms. The molecule has 0 aromatic heterocycles. The van der Waals surface area contributed by atoms with Gasteiger partial charge in [0.15, 0.2) is 0 Å². The highest BCUT2D eigenvalue weighted by Gasteiger charge is 2.46. The lowest BCUT2D eigenvalue weighted by atomic mass is 9.81. The van der Waals surface area contributed by atoms with Crippen molar-refractivity contribution in [1.82, 2.24) is 0 Å². The molecule has 0 saturated heterocycles. The van der Waals surface area contributed by atoms with E-state index < -0.39 is 30.0 Å². The number of aryl methyl sites for hydroxylation is 2. The Bertz CT molecular complexity index is 7580. The van der Waals surface area contributed by atoms with Crippen LogP contribution in [-0.4, -0.2) is 22.2 Å². The Morgan fingerprint density at radius 1 is 0.240 bits per heavy atom. The normalized spacial score (nSPS) is 15.3. The minimum Gasteiger partial charge on any atom is -0.336 e. The minimum absolute atomic E-state index is 0.0188. The zero-order chi connectivity index (χ0) is 110. The van der Waals surface area contributed by atoms with Crippen LogP contribution >= 0.6 is 0 Å². The maximum Gasteiger partial charge on any atom is 0.0457 e. The molecule has 0 amide bonds. The number of hydrogen-bond acceptors (Lipinski definition) is 4. The lowest BCUT2D eigenvalue weighted by Gasteiger charge is -2.42. The second-order valence-corrected chi connectivity index (χ2v) is 47.8. The van der Waals surface area contributed by atoms with Crippen LogP contribution in [0.25, 0.3) is 89.0 Å². The first-order valence-corrected chi connectivity index (χ1v) is 53.0. The summed E-state index contributed by atoms with van der Waals surface area (Å²) in [5.41, 5.74) is 46.1. The summed E-state index contributed by atoms with van der Waals surface area (Å²) in [6.07, 6.45) is -0.799. The summed E-state index contributed by atoms with van der Waals surface area (Å²) in [7, 11) is 0. The fourth-order valence-corrected chi connectivity index (χ4v) is 24.2. The average Bonchev–Trinajstić information content (AvgIpc) is 1.55. The second kappa shape index (κ2) is 40.2. The van der Waals surface area contributed by atoms with Gasteiger partial charge in [0.25, 0.3) is 0 Å². The Balaban J connectivity index is 0.000000138. The van der Waals surface area contributed by atoms with E-state index in [4.69, 9.17) is 5.48 Å². The average molecular weight is 1930 g/mol. The summed E-state index contributed by atoms with van der Waals surface area (Å²) in [6.45, 7) is 69.8. The highest BCUT2D eigenvalue weighted by Crippen LogP contribution is 2.61. The van der Waals surface area contributed by atoms with E-state index in [2.05, 4.69) is 493 Å². The van der Waals surface area contributed by atoms with Crippen molar-refractivity contribution in [3.05, 3.63) is 429 Å². The van der Waals surface area contributed by atoms with Crippen LogP contribution in [0.4, 0.5) is 45.5 Å². The standard InChI is InChI=1S/2C37H43N.C35H39N.C33H35N/c2*1-24(2)28-20-19-27(26-15-11-10-12-16-26)23-33(28)38(36(5,6)7)32-22-21-31-35(34(32)25(3)4)29-17-13-14-18-30(29)37(31,8)9;1-8-24-19-20-26(25-15-11-10-12-16-25)23-32(24)36(34(3,4)5)31-22-21-30-33(27(31)9-2)28-17-13-14-18-29(28)35(30,6)7;1-22-17-18-25(24-13-9-8-10-14-24)21-30(22)34(32(3,4)5)29-20-19-28-31(23(29)2)26-15-11-12-16-27(26)33(28,6)7/h2*10-25H,1-9H3;10-23H,8-9H2,1-7H3;8-21H,1-7H3/i2*24D,25D;8D,9D;. The largest absolute Gasteiger partial charge is 0.336 e. The van der Waals surface area contributed by atoms with Gasteiger partial charge in [0.05, 0.1) is 0 Å². The number of rotatable bonds is 18. The summed E-state index contributed by atoms with van der Waals surface area (Å²) in [5, 5.41) is 0. The Labute approximate surface area is 887 Å². The number of hydrogen-bond donors (Lipinski definition) is 0. The molecular formula is C142H160N4. The summed E-state index contributed by atoms with van der Waals surface area (Å²) < 4.78 is 55.1. The molecule has 0 bridgehead atoms. The number of fused-ring (bicyclic) bond motifs is 12. The maximum absolute atomic E-state index is 9.50. The van der Waals surface area contributed by atoms with Crippen molar-refractivity contribution < 1.29 is 8.22 Å². The van der Waals surface area contributed by atoms with Gasteiger partial charge >= 0.3 is 0 Å². The second-order valence-electron chi connectivity index (χ2n) is 47.8. The van der Waals surface area contributed by atoms with Crippen LogP contribution in [-0.2, 0) is 34.5 Å². The molecule has 748 valence electrons. The topological polar surface area (TPSA) is 13.0 Å². The van der Waals surface area contributed by atoms with E-state index in [1.54, 1.807) is 0 Å². The highest BCUT2D eigenvalue weighted by molar-refractivity contribution is 5.95. The smallest absolute Gasteiger partial charge is 0.0457 e. The first kappa shape index (κ1) is 96.2. The molecule has 0 fully saturated rings. The van der Waals surface area contributed by atoms with E-state index in [-0.39, 0.29) is 50.2 Å². The lowest BCUT2D eigenvalue weighted by Crippen LogP contribution is -2.39. The van der Waals surface area contributed by atoms with Crippen molar-refractivity contribution in [1.29, 1.82) is 0 Å².